The highest BCUT2D eigenvalue weighted by atomic mass is 79.9. The Morgan fingerprint density at radius 2 is 2.00 bits per heavy atom. The molecular formula is C14H18BrN3. The lowest BCUT2D eigenvalue weighted by Gasteiger charge is -2.14. The lowest BCUT2D eigenvalue weighted by Crippen LogP contribution is -2.18. The second-order valence-electron chi connectivity index (χ2n) is 4.42. The summed E-state index contributed by atoms with van der Waals surface area (Å²) in [6, 6.07) is 10.3. The summed E-state index contributed by atoms with van der Waals surface area (Å²) in [6.07, 6.45) is 3.73. The highest BCUT2D eigenvalue weighted by Gasteiger charge is 2.12. The van der Waals surface area contributed by atoms with Crippen molar-refractivity contribution in [2.75, 3.05) is 0 Å². The fourth-order valence-electron chi connectivity index (χ4n) is 2.04. The van der Waals surface area contributed by atoms with Crippen molar-refractivity contribution < 1.29 is 0 Å². The Morgan fingerprint density at radius 1 is 1.28 bits per heavy atom. The van der Waals surface area contributed by atoms with E-state index in [9.17, 15) is 0 Å². The molecule has 0 spiro atoms. The van der Waals surface area contributed by atoms with Gasteiger partial charge in [-0.1, -0.05) is 35.0 Å². The van der Waals surface area contributed by atoms with Gasteiger partial charge in [0.05, 0.1) is 11.7 Å². The zero-order valence-corrected chi connectivity index (χ0v) is 12.1. The van der Waals surface area contributed by atoms with E-state index in [1.165, 1.54) is 5.56 Å². The number of nitrogens with zero attached hydrogens (tertiary/aromatic N) is 2. The number of hydrogen-bond donors (Lipinski definition) is 1. The average molecular weight is 308 g/mol. The van der Waals surface area contributed by atoms with Crippen molar-refractivity contribution >= 4 is 15.9 Å². The van der Waals surface area contributed by atoms with Gasteiger partial charge in [-0.3, -0.25) is 4.68 Å². The zero-order chi connectivity index (χ0) is 13.0. The molecule has 1 aromatic heterocycles. The van der Waals surface area contributed by atoms with Crippen molar-refractivity contribution in [2.45, 2.75) is 32.4 Å². The molecule has 2 N–H and O–H groups in total. The van der Waals surface area contributed by atoms with E-state index in [1.54, 1.807) is 0 Å². The molecule has 0 amide bonds. The number of rotatable bonds is 5. The largest absolute Gasteiger partial charge is 0.322 e. The molecule has 0 fully saturated rings. The van der Waals surface area contributed by atoms with Gasteiger partial charge in [0.2, 0.25) is 0 Å². The van der Waals surface area contributed by atoms with Gasteiger partial charge in [-0.05, 0) is 36.6 Å². The molecule has 0 bridgehead atoms. The van der Waals surface area contributed by atoms with Crippen LogP contribution in [0.2, 0.25) is 0 Å². The average Bonchev–Trinajstić information content (AvgIpc) is 2.81. The Labute approximate surface area is 116 Å². The van der Waals surface area contributed by atoms with Crippen LogP contribution in [0.1, 0.15) is 30.6 Å². The maximum absolute atomic E-state index is 6.27. The molecule has 0 saturated carbocycles. The summed E-state index contributed by atoms with van der Waals surface area (Å²) in [5.41, 5.74) is 8.62. The van der Waals surface area contributed by atoms with Gasteiger partial charge in [-0.2, -0.15) is 5.10 Å². The van der Waals surface area contributed by atoms with Crippen molar-refractivity contribution in [3.8, 4) is 0 Å². The van der Waals surface area contributed by atoms with E-state index >= 15 is 0 Å². The van der Waals surface area contributed by atoms with Crippen molar-refractivity contribution in [1.29, 1.82) is 0 Å². The number of aromatic nitrogens is 2. The minimum atomic E-state index is 0.000209. The van der Waals surface area contributed by atoms with Gasteiger partial charge in [-0.15, -0.1) is 0 Å². The highest BCUT2D eigenvalue weighted by molar-refractivity contribution is 9.10. The topological polar surface area (TPSA) is 43.8 Å². The molecular weight excluding hydrogens is 290 g/mol. The van der Waals surface area contributed by atoms with Crippen LogP contribution in [0.4, 0.5) is 0 Å². The molecule has 2 rings (SSSR count). The lowest BCUT2D eigenvalue weighted by atomic mass is 10.0. The molecule has 0 aliphatic carbocycles. The second-order valence-corrected chi connectivity index (χ2v) is 5.33. The van der Waals surface area contributed by atoms with Gasteiger partial charge in [-0.25, -0.2) is 0 Å². The van der Waals surface area contributed by atoms with E-state index in [1.807, 2.05) is 29.1 Å². The summed E-state index contributed by atoms with van der Waals surface area (Å²) in [5, 5.41) is 4.31. The SMILES string of the molecule is CCCn1nccc1C(N)Cc1ccc(Br)cc1. The molecule has 1 atom stereocenters. The number of hydrogen-bond acceptors (Lipinski definition) is 2. The van der Waals surface area contributed by atoms with E-state index in [-0.39, 0.29) is 6.04 Å². The molecule has 96 valence electrons. The van der Waals surface area contributed by atoms with Gasteiger partial charge in [0.15, 0.2) is 0 Å². The Morgan fingerprint density at radius 3 is 2.67 bits per heavy atom. The summed E-state index contributed by atoms with van der Waals surface area (Å²) in [6.45, 7) is 3.07. The van der Waals surface area contributed by atoms with Gasteiger partial charge < -0.3 is 5.73 Å². The molecule has 18 heavy (non-hydrogen) atoms. The van der Waals surface area contributed by atoms with Crippen LogP contribution in [0.5, 0.6) is 0 Å². The quantitative estimate of drug-likeness (QED) is 0.921. The molecule has 0 radical (unpaired) electrons. The smallest absolute Gasteiger partial charge is 0.0554 e. The molecule has 1 unspecified atom stereocenters. The normalized spacial score (nSPS) is 12.6. The lowest BCUT2D eigenvalue weighted by molar-refractivity contribution is 0.538. The second kappa shape index (κ2) is 6.16. The number of halogens is 1. The van der Waals surface area contributed by atoms with E-state index < -0.39 is 0 Å². The third-order valence-electron chi connectivity index (χ3n) is 2.93. The number of aryl methyl sites for hydroxylation is 1. The maximum Gasteiger partial charge on any atom is 0.0554 e. The Balaban J connectivity index is 2.09. The molecule has 0 aliphatic rings. The maximum atomic E-state index is 6.27. The minimum Gasteiger partial charge on any atom is -0.322 e. The van der Waals surface area contributed by atoms with Crippen LogP contribution in [-0.2, 0) is 13.0 Å². The van der Waals surface area contributed by atoms with Crippen LogP contribution in [0.15, 0.2) is 41.0 Å². The summed E-state index contributed by atoms with van der Waals surface area (Å²) in [4.78, 5) is 0. The molecule has 2 aromatic rings. The first-order valence-corrected chi connectivity index (χ1v) is 7.01. The summed E-state index contributed by atoms with van der Waals surface area (Å²) in [7, 11) is 0. The molecule has 1 heterocycles. The van der Waals surface area contributed by atoms with Crippen molar-refractivity contribution in [2.24, 2.45) is 5.73 Å². The van der Waals surface area contributed by atoms with Crippen LogP contribution >= 0.6 is 15.9 Å². The predicted molar refractivity (Wildman–Crippen MR) is 77.3 cm³/mol. The van der Waals surface area contributed by atoms with Crippen LogP contribution in [0, 0.1) is 0 Å². The predicted octanol–water partition coefficient (Wildman–Crippen LogP) is 3.30. The van der Waals surface area contributed by atoms with Gasteiger partial charge in [0.1, 0.15) is 0 Å². The Bertz CT molecular complexity index is 490. The molecule has 4 heteroatoms. The van der Waals surface area contributed by atoms with Gasteiger partial charge in [0.25, 0.3) is 0 Å². The first-order valence-electron chi connectivity index (χ1n) is 6.22. The van der Waals surface area contributed by atoms with E-state index in [0.29, 0.717) is 0 Å². The van der Waals surface area contributed by atoms with E-state index in [2.05, 4.69) is 40.1 Å². The van der Waals surface area contributed by atoms with Crippen LogP contribution in [0.25, 0.3) is 0 Å². The summed E-state index contributed by atoms with van der Waals surface area (Å²) >= 11 is 3.44. The number of benzene rings is 1. The molecule has 0 aliphatic heterocycles. The van der Waals surface area contributed by atoms with Crippen LogP contribution in [-0.4, -0.2) is 9.78 Å². The summed E-state index contributed by atoms with van der Waals surface area (Å²) in [5.74, 6) is 0. The first-order chi connectivity index (χ1) is 8.70. The van der Waals surface area contributed by atoms with Gasteiger partial charge in [0, 0.05) is 17.2 Å². The van der Waals surface area contributed by atoms with Crippen LogP contribution < -0.4 is 5.73 Å². The van der Waals surface area contributed by atoms with Gasteiger partial charge >= 0.3 is 0 Å². The van der Waals surface area contributed by atoms with Crippen molar-refractivity contribution in [1.82, 2.24) is 9.78 Å². The minimum absolute atomic E-state index is 0.000209. The standard InChI is InChI=1S/C14H18BrN3/c1-2-9-18-14(7-8-17-18)13(16)10-11-3-5-12(15)6-4-11/h3-8,13H,2,9-10,16H2,1H3. The third kappa shape index (κ3) is 3.21. The molecule has 0 saturated heterocycles. The van der Waals surface area contributed by atoms with Crippen LogP contribution in [0.3, 0.4) is 0 Å². The zero-order valence-electron chi connectivity index (χ0n) is 10.5. The van der Waals surface area contributed by atoms with E-state index in [4.69, 9.17) is 5.73 Å². The molecule has 1 aromatic carbocycles. The van der Waals surface area contributed by atoms with Crippen molar-refractivity contribution in [3.05, 3.63) is 52.3 Å². The first kappa shape index (κ1) is 13.3. The Kier molecular flexibility index (Phi) is 4.55. The highest BCUT2D eigenvalue weighted by Crippen LogP contribution is 2.18. The Hall–Kier alpha value is -1.13. The van der Waals surface area contributed by atoms with Crippen molar-refractivity contribution in [3.63, 3.8) is 0 Å². The third-order valence-corrected chi connectivity index (χ3v) is 3.46. The number of nitrogens with two attached hydrogens (primary N) is 1. The fourth-order valence-corrected chi connectivity index (χ4v) is 2.30. The van der Waals surface area contributed by atoms with E-state index in [0.717, 1.165) is 29.6 Å². The fraction of sp³-hybridized carbons (Fsp3) is 0.357. The molecule has 3 nitrogen and oxygen atoms in total. The monoisotopic (exact) mass is 307 g/mol. The summed E-state index contributed by atoms with van der Waals surface area (Å²) < 4.78 is 3.10.